The summed E-state index contributed by atoms with van der Waals surface area (Å²) >= 11 is 0. The van der Waals surface area contributed by atoms with E-state index in [-0.39, 0.29) is 18.1 Å². The lowest BCUT2D eigenvalue weighted by Crippen LogP contribution is -3.20. The molecule has 5 heteroatoms. The Morgan fingerprint density at radius 3 is 2.72 bits per heavy atom. The van der Waals surface area contributed by atoms with Crippen LogP contribution in [0.2, 0.25) is 0 Å². The van der Waals surface area contributed by atoms with Gasteiger partial charge in [-0.2, -0.15) is 0 Å². The number of piperidine rings is 3. The van der Waals surface area contributed by atoms with E-state index in [0.29, 0.717) is 23.1 Å². The number of pyridine rings is 1. The number of methoxy groups -OCH3 is 1. The number of nitrogens with one attached hydrogen (secondary N) is 1. The fourth-order valence-electron chi connectivity index (χ4n) is 5.53. The molecule has 32 heavy (non-hydrogen) atoms. The van der Waals surface area contributed by atoms with E-state index in [1.807, 2.05) is 30.5 Å². The molecule has 0 aliphatic carbocycles. The number of esters is 1. The molecule has 6 rings (SSSR count). The van der Waals surface area contributed by atoms with Crippen LogP contribution in [-0.2, 0) is 4.74 Å². The first-order valence-electron chi connectivity index (χ1n) is 11.3. The molecule has 3 fully saturated rings. The van der Waals surface area contributed by atoms with Crippen LogP contribution in [0.1, 0.15) is 34.9 Å². The molecule has 1 N–H and O–H groups in total. The summed E-state index contributed by atoms with van der Waals surface area (Å²) in [7, 11) is 1.61. The Bertz CT molecular complexity index is 1120. The normalized spacial score (nSPS) is 25.3. The molecule has 5 unspecified atom stereocenters. The number of benzene rings is 2. The lowest BCUT2D eigenvalue weighted by molar-refractivity contribution is -0.949. The predicted molar refractivity (Wildman–Crippen MR) is 124 cm³/mol. The fraction of sp³-hybridized carbons (Fsp3) is 0.333. The molecule has 3 aliphatic heterocycles. The Kier molecular flexibility index (Phi) is 5.66. The number of ether oxygens (including phenoxy) is 2. The molecule has 3 aromatic rings. The number of hydrogen-bond acceptors (Lipinski definition) is 4. The number of rotatable bonds is 6. The standard InChI is InChI=1S/C27H28N2O3/c1-3-18-17-29-15-13-20(18)16-25(29)26(23-12-14-28-24-7-5-4-6-22(23)24)32-27(30)19-8-10-21(31-2)11-9-19/h3-12,14,18,20,25-26H,1,13,15-17H2,2H3/p+1. The maximum absolute atomic E-state index is 13.2. The van der Waals surface area contributed by atoms with Crippen molar-refractivity contribution >= 4 is 16.9 Å². The van der Waals surface area contributed by atoms with Gasteiger partial charge in [-0.25, -0.2) is 4.79 Å². The highest BCUT2D eigenvalue weighted by Crippen LogP contribution is 2.36. The summed E-state index contributed by atoms with van der Waals surface area (Å²) in [6.07, 6.45) is 5.84. The van der Waals surface area contributed by atoms with Gasteiger partial charge in [0.1, 0.15) is 11.8 Å². The molecule has 0 radical (unpaired) electrons. The number of hydrogen-bond donors (Lipinski definition) is 1. The number of carbonyl (C=O) groups excluding carboxylic acids is 1. The summed E-state index contributed by atoms with van der Waals surface area (Å²) in [4.78, 5) is 19.3. The van der Waals surface area contributed by atoms with Gasteiger partial charge in [-0.3, -0.25) is 4.98 Å². The number of fused-ring (bicyclic) bond motifs is 4. The van der Waals surface area contributed by atoms with E-state index < -0.39 is 0 Å². The third kappa shape index (κ3) is 3.78. The van der Waals surface area contributed by atoms with Gasteiger partial charge in [-0.05, 0) is 42.3 Å². The molecule has 2 bridgehead atoms. The Morgan fingerprint density at radius 2 is 2.00 bits per heavy atom. The number of quaternary nitrogens is 1. The number of nitrogens with zero attached hydrogens (tertiary/aromatic N) is 1. The maximum Gasteiger partial charge on any atom is 0.338 e. The Balaban J connectivity index is 1.52. The highest BCUT2D eigenvalue weighted by atomic mass is 16.5. The van der Waals surface area contributed by atoms with E-state index in [1.54, 1.807) is 31.4 Å². The van der Waals surface area contributed by atoms with Crippen LogP contribution in [0, 0.1) is 11.8 Å². The summed E-state index contributed by atoms with van der Waals surface area (Å²) in [6, 6.07) is 17.4. The molecule has 3 aliphatic rings. The lowest BCUT2D eigenvalue weighted by Gasteiger charge is -2.48. The lowest BCUT2D eigenvalue weighted by atomic mass is 9.73. The van der Waals surface area contributed by atoms with Gasteiger partial charge < -0.3 is 14.4 Å². The van der Waals surface area contributed by atoms with Gasteiger partial charge in [-0.15, -0.1) is 6.58 Å². The van der Waals surface area contributed by atoms with Crippen LogP contribution in [0.5, 0.6) is 5.75 Å². The van der Waals surface area contributed by atoms with Crippen LogP contribution in [0.4, 0.5) is 0 Å². The van der Waals surface area contributed by atoms with Crippen molar-refractivity contribution in [3.63, 3.8) is 0 Å². The second kappa shape index (κ2) is 8.75. The van der Waals surface area contributed by atoms with Crippen molar-refractivity contribution in [2.24, 2.45) is 11.8 Å². The van der Waals surface area contributed by atoms with Crippen LogP contribution in [0.3, 0.4) is 0 Å². The van der Waals surface area contributed by atoms with E-state index in [0.717, 1.165) is 36.0 Å². The minimum absolute atomic E-state index is 0.220. The third-order valence-electron chi connectivity index (χ3n) is 7.24. The highest BCUT2D eigenvalue weighted by Gasteiger charge is 2.47. The largest absolute Gasteiger partial charge is 0.497 e. The van der Waals surface area contributed by atoms with E-state index in [1.165, 1.54) is 11.3 Å². The number of para-hydroxylation sites is 1. The quantitative estimate of drug-likeness (QED) is 0.480. The van der Waals surface area contributed by atoms with Crippen molar-refractivity contribution in [1.29, 1.82) is 0 Å². The molecular formula is C27H29N2O3+. The Labute approximate surface area is 188 Å². The van der Waals surface area contributed by atoms with Crippen molar-refractivity contribution < 1.29 is 19.2 Å². The second-order valence-electron chi connectivity index (χ2n) is 8.87. The van der Waals surface area contributed by atoms with E-state index in [4.69, 9.17) is 9.47 Å². The molecule has 2 aromatic carbocycles. The molecule has 164 valence electrons. The van der Waals surface area contributed by atoms with Crippen LogP contribution in [0.15, 0.2) is 73.4 Å². The van der Waals surface area contributed by atoms with Gasteiger partial charge in [0, 0.05) is 35.9 Å². The van der Waals surface area contributed by atoms with Crippen molar-refractivity contribution in [1.82, 2.24) is 4.98 Å². The molecule has 0 saturated carbocycles. The fourth-order valence-corrected chi connectivity index (χ4v) is 5.53. The first kappa shape index (κ1) is 20.7. The molecule has 3 saturated heterocycles. The summed E-state index contributed by atoms with van der Waals surface area (Å²) in [5.41, 5.74) is 2.49. The summed E-state index contributed by atoms with van der Waals surface area (Å²) in [6.45, 7) is 6.22. The van der Waals surface area contributed by atoms with E-state index in [2.05, 4.69) is 23.7 Å². The third-order valence-corrected chi connectivity index (χ3v) is 7.24. The van der Waals surface area contributed by atoms with Crippen LogP contribution in [-0.4, -0.2) is 37.2 Å². The van der Waals surface area contributed by atoms with E-state index in [9.17, 15) is 4.79 Å². The topological polar surface area (TPSA) is 52.9 Å². The first-order chi connectivity index (χ1) is 15.7. The van der Waals surface area contributed by atoms with Gasteiger partial charge in [0.25, 0.3) is 0 Å². The molecule has 0 spiro atoms. The molecule has 1 aromatic heterocycles. The number of aromatic nitrogens is 1. The highest BCUT2D eigenvalue weighted by molar-refractivity contribution is 5.90. The van der Waals surface area contributed by atoms with Gasteiger partial charge in [-0.1, -0.05) is 24.3 Å². The monoisotopic (exact) mass is 429 g/mol. The van der Waals surface area contributed by atoms with Gasteiger partial charge in [0.2, 0.25) is 0 Å². The molecule has 4 heterocycles. The Morgan fingerprint density at radius 1 is 1.19 bits per heavy atom. The van der Waals surface area contributed by atoms with E-state index >= 15 is 0 Å². The van der Waals surface area contributed by atoms with Gasteiger partial charge in [0.05, 0.1) is 31.3 Å². The molecule has 5 atom stereocenters. The second-order valence-corrected chi connectivity index (χ2v) is 8.87. The zero-order chi connectivity index (χ0) is 22.1. The minimum Gasteiger partial charge on any atom is -0.497 e. The minimum atomic E-state index is -0.332. The van der Waals surface area contributed by atoms with Crippen LogP contribution >= 0.6 is 0 Å². The molecule has 0 amide bonds. The Hall–Kier alpha value is -3.18. The average molecular weight is 430 g/mol. The smallest absolute Gasteiger partial charge is 0.338 e. The van der Waals surface area contributed by atoms with Gasteiger partial charge in [0.15, 0.2) is 6.10 Å². The zero-order valence-electron chi connectivity index (χ0n) is 18.4. The van der Waals surface area contributed by atoms with Crippen molar-refractivity contribution in [3.05, 3.63) is 84.6 Å². The van der Waals surface area contributed by atoms with Crippen LogP contribution in [0.25, 0.3) is 10.9 Å². The van der Waals surface area contributed by atoms with Crippen molar-refractivity contribution in [2.75, 3.05) is 20.2 Å². The van der Waals surface area contributed by atoms with Crippen LogP contribution < -0.4 is 9.64 Å². The maximum atomic E-state index is 13.2. The summed E-state index contributed by atoms with van der Waals surface area (Å²) in [5.74, 6) is 1.56. The van der Waals surface area contributed by atoms with Gasteiger partial charge >= 0.3 is 5.97 Å². The predicted octanol–water partition coefficient (Wildman–Crippen LogP) is 3.62. The molecule has 5 nitrogen and oxygen atoms in total. The average Bonchev–Trinajstić information content (AvgIpc) is 2.87. The number of carbonyl (C=O) groups is 1. The first-order valence-corrected chi connectivity index (χ1v) is 11.3. The summed E-state index contributed by atoms with van der Waals surface area (Å²) in [5, 5.41) is 1.05. The van der Waals surface area contributed by atoms with Crippen molar-refractivity contribution in [2.45, 2.75) is 25.0 Å². The summed E-state index contributed by atoms with van der Waals surface area (Å²) < 4.78 is 11.5. The SMILES string of the molecule is C=CC1C[NH+]2CCC1CC2C(OC(=O)c1ccc(OC)cc1)c1ccnc2ccccc12. The zero-order valence-corrected chi connectivity index (χ0v) is 18.4. The molecular weight excluding hydrogens is 400 g/mol. The van der Waals surface area contributed by atoms with Crippen molar-refractivity contribution in [3.8, 4) is 5.75 Å².